The van der Waals surface area contributed by atoms with E-state index < -0.39 is 5.91 Å². The summed E-state index contributed by atoms with van der Waals surface area (Å²) in [6.45, 7) is 4.86. The summed E-state index contributed by atoms with van der Waals surface area (Å²) in [5.74, 6) is 0.600. The Morgan fingerprint density at radius 3 is 2.48 bits per heavy atom. The summed E-state index contributed by atoms with van der Waals surface area (Å²) in [4.78, 5) is 31.2. The number of pyridine rings is 1. The molecule has 1 spiro atoms. The van der Waals surface area contributed by atoms with Gasteiger partial charge in [0.05, 0.1) is 5.56 Å². The molecule has 1 aromatic heterocycles. The van der Waals surface area contributed by atoms with E-state index in [4.69, 9.17) is 5.73 Å². The highest BCUT2D eigenvalue weighted by atomic mass is 16.3. The number of anilines is 1. The molecule has 0 saturated carbocycles. The Hall–Kier alpha value is -2.15. The van der Waals surface area contributed by atoms with E-state index in [0.29, 0.717) is 12.1 Å². The van der Waals surface area contributed by atoms with Crippen LogP contribution in [0.25, 0.3) is 0 Å². The zero-order chi connectivity index (χ0) is 18.0. The molecule has 0 aromatic carbocycles. The van der Waals surface area contributed by atoms with Crippen LogP contribution in [0.2, 0.25) is 0 Å². The van der Waals surface area contributed by atoms with Gasteiger partial charge in [0.25, 0.3) is 0 Å². The van der Waals surface area contributed by atoms with Crippen LogP contribution >= 0.6 is 0 Å². The van der Waals surface area contributed by atoms with Crippen LogP contribution < -0.4 is 10.6 Å². The summed E-state index contributed by atoms with van der Waals surface area (Å²) < 4.78 is 0. The predicted molar refractivity (Wildman–Crippen MR) is 94.1 cm³/mol. The molecule has 0 radical (unpaired) electrons. The number of hydrogen-bond acceptors (Lipinski definition) is 5. The molecule has 1 unspecified atom stereocenters. The Labute approximate surface area is 147 Å². The van der Waals surface area contributed by atoms with E-state index in [2.05, 4.69) is 9.88 Å². The summed E-state index contributed by atoms with van der Waals surface area (Å²) >= 11 is 0. The Bertz CT molecular complexity index is 638. The van der Waals surface area contributed by atoms with Crippen molar-refractivity contribution in [2.45, 2.75) is 26.2 Å². The van der Waals surface area contributed by atoms with Crippen LogP contribution in [0.3, 0.4) is 0 Å². The number of aromatic nitrogens is 1. The Morgan fingerprint density at radius 2 is 1.96 bits per heavy atom. The molecular weight excluding hydrogens is 320 g/mol. The van der Waals surface area contributed by atoms with E-state index in [0.717, 1.165) is 44.7 Å². The number of carbonyl (C=O) groups excluding carboxylic acids is 2. The van der Waals surface area contributed by atoms with E-state index in [1.54, 1.807) is 13.0 Å². The van der Waals surface area contributed by atoms with Crippen LogP contribution in [-0.2, 0) is 4.79 Å². The third-order valence-electron chi connectivity index (χ3n) is 5.97. The first-order valence-electron chi connectivity index (χ1n) is 8.82. The van der Waals surface area contributed by atoms with Crippen LogP contribution in [0.1, 0.15) is 36.5 Å². The average Bonchev–Trinajstić information content (AvgIpc) is 2.62. The number of nitrogens with two attached hydrogens (primary N) is 1. The van der Waals surface area contributed by atoms with Gasteiger partial charge in [-0.1, -0.05) is 0 Å². The molecule has 1 atom stereocenters. The zero-order valence-corrected chi connectivity index (χ0v) is 14.6. The molecule has 3 rings (SSSR count). The smallest absolute Gasteiger partial charge is 0.250 e. The Kier molecular flexibility index (Phi) is 4.94. The van der Waals surface area contributed by atoms with Gasteiger partial charge in [0.15, 0.2) is 0 Å². The van der Waals surface area contributed by atoms with Crippen LogP contribution in [0.15, 0.2) is 18.3 Å². The number of amides is 2. The highest BCUT2D eigenvalue weighted by molar-refractivity contribution is 5.92. The second-order valence-corrected chi connectivity index (χ2v) is 7.21. The molecule has 7 heteroatoms. The quantitative estimate of drug-likeness (QED) is 0.836. The van der Waals surface area contributed by atoms with Gasteiger partial charge in [-0.25, -0.2) is 4.98 Å². The van der Waals surface area contributed by atoms with Gasteiger partial charge in [0, 0.05) is 51.8 Å². The summed E-state index contributed by atoms with van der Waals surface area (Å²) in [6.07, 6.45) is 4.41. The first kappa shape index (κ1) is 17.7. The second kappa shape index (κ2) is 7.00. The van der Waals surface area contributed by atoms with Gasteiger partial charge in [0.1, 0.15) is 5.82 Å². The minimum Gasteiger partial charge on any atom is -0.396 e. The fraction of sp³-hybridized carbons (Fsp3) is 0.611. The van der Waals surface area contributed by atoms with Crippen LogP contribution in [-0.4, -0.2) is 59.6 Å². The molecule has 0 aliphatic carbocycles. The average molecular weight is 346 g/mol. The summed E-state index contributed by atoms with van der Waals surface area (Å²) in [5.41, 5.74) is 5.77. The lowest BCUT2D eigenvalue weighted by molar-refractivity contribution is -0.134. The number of primary amides is 1. The minimum absolute atomic E-state index is 0.0875. The van der Waals surface area contributed by atoms with E-state index in [1.165, 1.54) is 6.20 Å². The van der Waals surface area contributed by atoms with Gasteiger partial charge >= 0.3 is 0 Å². The van der Waals surface area contributed by atoms with Gasteiger partial charge in [-0.3, -0.25) is 9.59 Å². The summed E-state index contributed by atoms with van der Waals surface area (Å²) in [5, 5.41) is 9.87. The molecular formula is C18H26N4O3. The normalized spacial score (nSPS) is 22.9. The van der Waals surface area contributed by atoms with Gasteiger partial charge < -0.3 is 20.6 Å². The molecule has 3 heterocycles. The van der Waals surface area contributed by atoms with E-state index in [9.17, 15) is 14.7 Å². The number of aliphatic hydroxyl groups is 1. The topological polar surface area (TPSA) is 99.8 Å². The van der Waals surface area contributed by atoms with Gasteiger partial charge in [0.2, 0.25) is 11.8 Å². The number of nitrogens with zero attached hydrogens (tertiary/aromatic N) is 3. The van der Waals surface area contributed by atoms with Crippen LogP contribution in [0.4, 0.5) is 5.82 Å². The zero-order valence-electron chi connectivity index (χ0n) is 14.6. The van der Waals surface area contributed by atoms with Crippen molar-refractivity contribution in [1.29, 1.82) is 0 Å². The summed E-state index contributed by atoms with van der Waals surface area (Å²) in [6, 6.07) is 3.54. The lowest BCUT2D eigenvalue weighted by Gasteiger charge is -2.51. The molecule has 2 aliphatic rings. The Morgan fingerprint density at radius 1 is 1.28 bits per heavy atom. The van der Waals surface area contributed by atoms with Crippen LogP contribution in [0.5, 0.6) is 0 Å². The first-order valence-corrected chi connectivity index (χ1v) is 8.82. The molecule has 0 bridgehead atoms. The van der Waals surface area contributed by atoms with Crippen molar-refractivity contribution in [2.75, 3.05) is 37.7 Å². The number of carbonyl (C=O) groups is 2. The maximum absolute atomic E-state index is 11.6. The van der Waals surface area contributed by atoms with Gasteiger partial charge in [-0.15, -0.1) is 0 Å². The standard InChI is InChI=1S/C18H26N4O3/c1-13(24)22-9-6-18(15(11-22)12-23)4-7-21(8-5-18)16-3-2-14(10-20-16)17(19)25/h2-3,10,15,23H,4-9,11-12H2,1H3,(H2,19,25). The van der Waals surface area contributed by atoms with E-state index in [1.807, 2.05) is 11.0 Å². The number of aliphatic hydroxyl groups excluding tert-OH is 1. The molecule has 2 saturated heterocycles. The fourth-order valence-electron chi connectivity index (χ4n) is 4.21. The SMILES string of the molecule is CC(=O)N1CCC2(CCN(c3ccc(C(N)=O)cn3)CC2)C(CO)C1. The monoisotopic (exact) mass is 346 g/mol. The second-order valence-electron chi connectivity index (χ2n) is 7.21. The first-order chi connectivity index (χ1) is 11.9. The number of piperidine rings is 2. The van der Waals surface area contributed by atoms with Gasteiger partial charge in [-0.2, -0.15) is 0 Å². The number of hydrogen-bond donors (Lipinski definition) is 2. The number of rotatable bonds is 3. The molecule has 3 N–H and O–H groups in total. The fourth-order valence-corrected chi connectivity index (χ4v) is 4.21. The maximum Gasteiger partial charge on any atom is 0.250 e. The van der Waals surface area contributed by atoms with Crippen molar-refractivity contribution in [3.05, 3.63) is 23.9 Å². The maximum atomic E-state index is 11.6. The van der Waals surface area contributed by atoms with Gasteiger partial charge in [-0.05, 0) is 36.8 Å². The molecule has 136 valence electrons. The van der Waals surface area contributed by atoms with Crippen molar-refractivity contribution in [3.63, 3.8) is 0 Å². The third-order valence-corrected chi connectivity index (χ3v) is 5.97. The Balaban J connectivity index is 1.66. The van der Waals surface area contributed by atoms with Crippen molar-refractivity contribution in [1.82, 2.24) is 9.88 Å². The van der Waals surface area contributed by atoms with Crippen molar-refractivity contribution in [3.8, 4) is 0 Å². The van der Waals surface area contributed by atoms with Crippen molar-refractivity contribution >= 4 is 17.6 Å². The molecule has 7 nitrogen and oxygen atoms in total. The van der Waals surface area contributed by atoms with E-state index in [-0.39, 0.29) is 23.8 Å². The van der Waals surface area contributed by atoms with Crippen molar-refractivity contribution in [2.24, 2.45) is 17.1 Å². The highest BCUT2D eigenvalue weighted by Crippen LogP contribution is 2.45. The highest BCUT2D eigenvalue weighted by Gasteiger charge is 2.45. The lowest BCUT2D eigenvalue weighted by atomic mass is 9.64. The third kappa shape index (κ3) is 3.46. The largest absolute Gasteiger partial charge is 0.396 e. The van der Waals surface area contributed by atoms with Crippen molar-refractivity contribution < 1.29 is 14.7 Å². The molecule has 2 fully saturated rings. The molecule has 25 heavy (non-hydrogen) atoms. The number of likely N-dealkylation sites (tertiary alicyclic amines) is 1. The summed E-state index contributed by atoms with van der Waals surface area (Å²) in [7, 11) is 0. The van der Waals surface area contributed by atoms with Crippen LogP contribution in [0, 0.1) is 11.3 Å². The van der Waals surface area contributed by atoms with E-state index >= 15 is 0 Å². The molecule has 1 aromatic rings. The lowest BCUT2D eigenvalue weighted by Crippen LogP contribution is -2.54. The predicted octanol–water partition coefficient (Wildman–Crippen LogP) is 0.628. The molecule has 2 aliphatic heterocycles. The molecule has 2 amide bonds. The minimum atomic E-state index is -0.473.